The van der Waals surface area contributed by atoms with Gasteiger partial charge in [-0.3, -0.25) is 9.69 Å². The molecule has 4 heterocycles. The van der Waals surface area contributed by atoms with Crippen molar-refractivity contribution in [2.75, 3.05) is 13.1 Å². The maximum absolute atomic E-state index is 12.6. The predicted octanol–water partition coefficient (Wildman–Crippen LogP) is 2.82. The standard InChI is InChI=1S/C17H21N3OS/c1-10-16(12-5-7-20(10)8-6-12)19-17(21)13-3-4-15-14(9-13)18-11(2)22-15/h3-4,9-10,12,16H,5-8H2,1-2H3,(H,19,21)/t10-,16-/m0/s1. The van der Waals surface area contributed by atoms with Crippen LogP contribution in [0.4, 0.5) is 0 Å². The second-order valence-electron chi connectivity index (χ2n) is 6.53. The summed E-state index contributed by atoms with van der Waals surface area (Å²) in [5.74, 6) is 0.673. The number of nitrogens with one attached hydrogen (secondary N) is 1. The van der Waals surface area contributed by atoms with Crippen LogP contribution in [-0.4, -0.2) is 41.0 Å². The molecule has 1 N–H and O–H groups in total. The van der Waals surface area contributed by atoms with Crippen LogP contribution in [0.1, 0.15) is 35.1 Å². The van der Waals surface area contributed by atoms with Crippen LogP contribution in [0, 0.1) is 12.8 Å². The molecule has 3 fully saturated rings. The van der Waals surface area contributed by atoms with Crippen molar-refractivity contribution in [3.05, 3.63) is 28.8 Å². The molecule has 3 aliphatic heterocycles. The molecule has 116 valence electrons. The number of rotatable bonds is 2. The van der Waals surface area contributed by atoms with E-state index in [1.54, 1.807) is 11.3 Å². The molecular weight excluding hydrogens is 294 g/mol. The molecule has 2 aromatic rings. The lowest BCUT2D eigenvalue weighted by molar-refractivity contribution is 0.0217. The summed E-state index contributed by atoms with van der Waals surface area (Å²) in [5.41, 5.74) is 1.65. The van der Waals surface area contributed by atoms with Gasteiger partial charge in [0.2, 0.25) is 0 Å². The molecule has 1 aromatic heterocycles. The second-order valence-corrected chi connectivity index (χ2v) is 7.76. The van der Waals surface area contributed by atoms with Gasteiger partial charge in [-0.25, -0.2) is 4.98 Å². The quantitative estimate of drug-likeness (QED) is 0.927. The third-order valence-corrected chi connectivity index (χ3v) is 6.18. The number of amides is 1. The molecule has 0 saturated carbocycles. The molecular formula is C17H21N3OS. The smallest absolute Gasteiger partial charge is 0.251 e. The molecule has 0 spiro atoms. The van der Waals surface area contributed by atoms with Gasteiger partial charge in [-0.1, -0.05) is 0 Å². The molecule has 3 aliphatic rings. The van der Waals surface area contributed by atoms with Gasteiger partial charge in [0.25, 0.3) is 5.91 Å². The van der Waals surface area contributed by atoms with Crippen molar-refractivity contribution in [3.8, 4) is 0 Å². The molecule has 4 nitrogen and oxygen atoms in total. The molecule has 0 radical (unpaired) electrons. The van der Waals surface area contributed by atoms with E-state index in [9.17, 15) is 4.79 Å². The molecule has 0 aliphatic carbocycles. The van der Waals surface area contributed by atoms with Gasteiger partial charge in [-0.2, -0.15) is 0 Å². The lowest BCUT2D eigenvalue weighted by Crippen LogP contribution is -2.62. The Bertz CT molecular complexity index is 716. The highest BCUT2D eigenvalue weighted by Gasteiger charge is 2.40. The van der Waals surface area contributed by atoms with Crippen LogP contribution in [0.15, 0.2) is 18.2 Å². The minimum Gasteiger partial charge on any atom is -0.347 e. The van der Waals surface area contributed by atoms with Crippen molar-refractivity contribution in [1.29, 1.82) is 0 Å². The minimum absolute atomic E-state index is 0.0400. The Hall–Kier alpha value is -1.46. The molecule has 22 heavy (non-hydrogen) atoms. The van der Waals surface area contributed by atoms with Crippen LogP contribution in [0.3, 0.4) is 0 Å². The molecule has 5 heteroatoms. The number of aryl methyl sites for hydroxylation is 1. The molecule has 5 rings (SSSR count). The van der Waals surface area contributed by atoms with Crippen LogP contribution in [0.5, 0.6) is 0 Å². The van der Waals surface area contributed by atoms with E-state index in [1.807, 2.05) is 25.1 Å². The normalized spacial score (nSPS) is 30.6. The number of hydrogen-bond acceptors (Lipinski definition) is 4. The highest BCUT2D eigenvalue weighted by Crippen LogP contribution is 2.32. The largest absolute Gasteiger partial charge is 0.347 e. The van der Waals surface area contributed by atoms with Crippen LogP contribution in [-0.2, 0) is 0 Å². The Morgan fingerprint density at radius 1 is 1.36 bits per heavy atom. The summed E-state index contributed by atoms with van der Waals surface area (Å²) in [7, 11) is 0. The number of benzene rings is 1. The van der Waals surface area contributed by atoms with Gasteiger partial charge in [-0.05, 0) is 63.9 Å². The van der Waals surface area contributed by atoms with Gasteiger partial charge in [-0.15, -0.1) is 11.3 Å². The van der Waals surface area contributed by atoms with Gasteiger partial charge in [0.15, 0.2) is 0 Å². The number of carbonyl (C=O) groups excluding carboxylic acids is 1. The molecule has 2 atom stereocenters. The summed E-state index contributed by atoms with van der Waals surface area (Å²) in [5, 5.41) is 4.32. The molecule has 2 bridgehead atoms. The Morgan fingerprint density at radius 3 is 2.86 bits per heavy atom. The third kappa shape index (κ3) is 2.32. The molecule has 3 saturated heterocycles. The van der Waals surface area contributed by atoms with Crippen molar-refractivity contribution in [3.63, 3.8) is 0 Å². The van der Waals surface area contributed by atoms with Crippen LogP contribution >= 0.6 is 11.3 Å². The number of carbonyl (C=O) groups is 1. The first-order chi connectivity index (χ1) is 10.6. The average molecular weight is 315 g/mol. The minimum atomic E-state index is 0.0400. The summed E-state index contributed by atoms with van der Waals surface area (Å²) < 4.78 is 1.14. The SMILES string of the molecule is Cc1nc2cc(C(=O)N[C@@H]3C4CCN(CC4)[C@H]3C)ccc2s1. The van der Waals surface area contributed by atoms with Crippen LogP contribution in [0.25, 0.3) is 10.2 Å². The van der Waals surface area contributed by atoms with Crippen molar-refractivity contribution >= 4 is 27.5 Å². The average Bonchev–Trinajstić information content (AvgIpc) is 2.90. The van der Waals surface area contributed by atoms with Crippen molar-refractivity contribution in [2.24, 2.45) is 5.92 Å². The summed E-state index contributed by atoms with van der Waals surface area (Å²) >= 11 is 1.67. The Morgan fingerprint density at radius 2 is 2.14 bits per heavy atom. The number of aromatic nitrogens is 1. The lowest BCUT2D eigenvalue weighted by Gasteiger charge is -2.49. The molecule has 1 aromatic carbocycles. The summed E-state index contributed by atoms with van der Waals surface area (Å²) in [6.45, 7) is 6.60. The van der Waals surface area contributed by atoms with E-state index in [1.165, 1.54) is 25.9 Å². The first-order valence-electron chi connectivity index (χ1n) is 8.04. The number of thiazole rings is 1. The fourth-order valence-electron chi connectivity index (χ4n) is 3.96. The Labute approximate surface area is 134 Å². The van der Waals surface area contributed by atoms with Gasteiger partial charge in [0.1, 0.15) is 0 Å². The summed E-state index contributed by atoms with van der Waals surface area (Å²) in [6, 6.07) is 6.57. The molecule has 0 unspecified atom stereocenters. The van der Waals surface area contributed by atoms with Crippen molar-refractivity contribution in [2.45, 2.75) is 38.8 Å². The summed E-state index contributed by atoms with van der Waals surface area (Å²) in [4.78, 5) is 19.6. The third-order valence-electron chi connectivity index (χ3n) is 5.23. The van der Waals surface area contributed by atoms with Gasteiger partial charge >= 0.3 is 0 Å². The van der Waals surface area contributed by atoms with Gasteiger partial charge < -0.3 is 5.32 Å². The second kappa shape index (κ2) is 5.32. The number of fused-ring (bicyclic) bond motifs is 4. The van der Waals surface area contributed by atoms with E-state index in [0.29, 0.717) is 12.0 Å². The molecule has 1 amide bonds. The zero-order valence-corrected chi connectivity index (χ0v) is 13.8. The first kappa shape index (κ1) is 14.2. The van der Waals surface area contributed by atoms with Crippen molar-refractivity contribution < 1.29 is 4.79 Å². The van der Waals surface area contributed by atoms with E-state index < -0.39 is 0 Å². The van der Waals surface area contributed by atoms with E-state index in [-0.39, 0.29) is 11.9 Å². The topological polar surface area (TPSA) is 45.2 Å². The van der Waals surface area contributed by atoms with E-state index >= 15 is 0 Å². The van der Waals surface area contributed by atoms with Gasteiger partial charge in [0.05, 0.1) is 15.2 Å². The highest BCUT2D eigenvalue weighted by molar-refractivity contribution is 7.18. The van der Waals surface area contributed by atoms with E-state index in [4.69, 9.17) is 0 Å². The van der Waals surface area contributed by atoms with Crippen LogP contribution < -0.4 is 5.32 Å². The zero-order valence-electron chi connectivity index (χ0n) is 13.0. The van der Waals surface area contributed by atoms with Gasteiger partial charge in [0, 0.05) is 17.6 Å². The predicted molar refractivity (Wildman–Crippen MR) is 89.4 cm³/mol. The Kier molecular flexibility index (Phi) is 3.42. The fourth-order valence-corrected chi connectivity index (χ4v) is 4.77. The maximum Gasteiger partial charge on any atom is 0.251 e. The highest BCUT2D eigenvalue weighted by atomic mass is 32.1. The number of nitrogens with zero attached hydrogens (tertiary/aromatic N) is 2. The number of piperidine rings is 3. The lowest BCUT2D eigenvalue weighted by atomic mass is 9.79. The maximum atomic E-state index is 12.6. The zero-order chi connectivity index (χ0) is 15.3. The van der Waals surface area contributed by atoms with E-state index in [0.717, 1.165) is 20.8 Å². The monoisotopic (exact) mass is 315 g/mol. The fraction of sp³-hybridized carbons (Fsp3) is 0.529. The van der Waals surface area contributed by atoms with Crippen molar-refractivity contribution in [1.82, 2.24) is 15.2 Å². The number of hydrogen-bond donors (Lipinski definition) is 1. The first-order valence-corrected chi connectivity index (χ1v) is 8.85. The summed E-state index contributed by atoms with van der Waals surface area (Å²) in [6.07, 6.45) is 2.42. The van der Waals surface area contributed by atoms with Crippen LogP contribution in [0.2, 0.25) is 0 Å². The Balaban J connectivity index is 1.55. The van der Waals surface area contributed by atoms with E-state index in [2.05, 4.69) is 22.1 Å².